The summed E-state index contributed by atoms with van der Waals surface area (Å²) >= 11 is 0. The molecule has 0 aliphatic carbocycles. The van der Waals surface area contributed by atoms with Gasteiger partial charge in [0, 0.05) is 6.20 Å². The average Bonchev–Trinajstić information content (AvgIpc) is 3.04. The van der Waals surface area contributed by atoms with Crippen LogP contribution in [0.2, 0.25) is 0 Å². The van der Waals surface area contributed by atoms with Gasteiger partial charge in [0.15, 0.2) is 0 Å². The molecule has 0 aliphatic heterocycles. The van der Waals surface area contributed by atoms with Gasteiger partial charge in [0.2, 0.25) is 5.78 Å². The largest absolute Gasteiger partial charge is 0.466 e. The second-order valence-electron chi connectivity index (χ2n) is 4.99. The number of ether oxygens (including phenoxy) is 2. The van der Waals surface area contributed by atoms with Crippen LogP contribution in [0.25, 0.3) is 5.78 Å². The summed E-state index contributed by atoms with van der Waals surface area (Å²) in [4.78, 5) is 28.7. The van der Waals surface area contributed by atoms with Gasteiger partial charge >= 0.3 is 12.0 Å². The molecule has 3 aromatic rings. The highest BCUT2D eigenvalue weighted by molar-refractivity contribution is 5.88. The molecule has 0 aliphatic rings. The van der Waals surface area contributed by atoms with Crippen molar-refractivity contribution in [1.29, 1.82) is 0 Å². The molecule has 8 heteroatoms. The molecule has 2 aromatic heterocycles. The average molecular weight is 328 g/mol. The van der Waals surface area contributed by atoms with Gasteiger partial charge in [0.05, 0.1) is 20.3 Å². The first kappa shape index (κ1) is 15.7. The maximum absolute atomic E-state index is 12.5. The summed E-state index contributed by atoms with van der Waals surface area (Å²) in [6.45, 7) is 2.27. The Morgan fingerprint density at radius 1 is 1.25 bits per heavy atom. The van der Waals surface area contributed by atoms with Crippen LogP contribution in [-0.2, 0) is 11.3 Å². The second kappa shape index (κ2) is 6.53. The van der Waals surface area contributed by atoms with E-state index in [9.17, 15) is 9.59 Å². The van der Waals surface area contributed by atoms with Gasteiger partial charge in [-0.05, 0) is 12.5 Å². The fourth-order valence-corrected chi connectivity index (χ4v) is 2.32. The first-order valence-electron chi connectivity index (χ1n) is 7.39. The van der Waals surface area contributed by atoms with Gasteiger partial charge < -0.3 is 14.0 Å². The molecule has 0 saturated carbocycles. The van der Waals surface area contributed by atoms with Crippen LogP contribution in [0, 0.1) is 0 Å². The van der Waals surface area contributed by atoms with Crippen LogP contribution in [0.4, 0.5) is 0 Å². The van der Waals surface area contributed by atoms with Crippen molar-refractivity contribution in [3.05, 3.63) is 58.0 Å². The minimum atomic E-state index is -0.694. The predicted molar refractivity (Wildman–Crippen MR) is 85.3 cm³/mol. The number of rotatable bonds is 5. The fraction of sp³-hybridized carbons (Fsp3) is 0.250. The topological polar surface area (TPSA) is 87.7 Å². The molecule has 24 heavy (non-hydrogen) atoms. The molecule has 0 radical (unpaired) electrons. The Balaban J connectivity index is 2.18. The fourth-order valence-electron chi connectivity index (χ4n) is 2.32. The maximum Gasteiger partial charge on any atom is 0.345 e. The first-order valence-corrected chi connectivity index (χ1v) is 7.39. The summed E-state index contributed by atoms with van der Waals surface area (Å²) < 4.78 is 12.7. The Morgan fingerprint density at radius 3 is 2.67 bits per heavy atom. The molecule has 0 spiro atoms. The Kier molecular flexibility index (Phi) is 4.28. The monoisotopic (exact) mass is 328 g/mol. The number of benzene rings is 1. The predicted octanol–water partition coefficient (Wildman–Crippen LogP) is 1.12. The molecule has 0 saturated heterocycles. The van der Waals surface area contributed by atoms with E-state index in [1.54, 1.807) is 11.5 Å². The standard InChI is InChI=1S/C16H16N4O4/c1-3-24-14(22)12-10-19(9-11-7-5-4-6-8-11)16-17-15(23-2)18-20(16)13(12)21/h4-8,10H,3,9H2,1-2H3. The van der Waals surface area contributed by atoms with Gasteiger partial charge in [-0.15, -0.1) is 5.10 Å². The number of nitrogens with zero attached hydrogens (tertiary/aromatic N) is 4. The summed E-state index contributed by atoms with van der Waals surface area (Å²) in [5.74, 6) is -0.408. The summed E-state index contributed by atoms with van der Waals surface area (Å²) in [7, 11) is 1.41. The molecule has 0 N–H and O–H groups in total. The highest BCUT2D eigenvalue weighted by Crippen LogP contribution is 2.10. The zero-order valence-electron chi connectivity index (χ0n) is 13.3. The van der Waals surface area contributed by atoms with Crippen molar-refractivity contribution in [3.8, 4) is 6.01 Å². The molecule has 0 fully saturated rings. The molecule has 1 aromatic carbocycles. The molecule has 3 rings (SSSR count). The molecule has 2 heterocycles. The van der Waals surface area contributed by atoms with Crippen LogP contribution in [0.3, 0.4) is 0 Å². The molecular formula is C16H16N4O4. The van der Waals surface area contributed by atoms with Crippen LogP contribution in [0.5, 0.6) is 6.01 Å². The first-order chi connectivity index (χ1) is 11.6. The van der Waals surface area contributed by atoms with Crippen molar-refractivity contribution in [2.45, 2.75) is 13.5 Å². The minimum Gasteiger partial charge on any atom is -0.466 e. The van der Waals surface area contributed by atoms with Crippen molar-refractivity contribution in [3.63, 3.8) is 0 Å². The van der Waals surface area contributed by atoms with Crippen molar-refractivity contribution in [2.24, 2.45) is 0 Å². The molecular weight excluding hydrogens is 312 g/mol. The van der Waals surface area contributed by atoms with E-state index < -0.39 is 11.5 Å². The van der Waals surface area contributed by atoms with Crippen LogP contribution in [-0.4, -0.2) is 38.9 Å². The van der Waals surface area contributed by atoms with Gasteiger partial charge in [0.1, 0.15) is 5.56 Å². The lowest BCUT2D eigenvalue weighted by Crippen LogP contribution is -2.27. The van der Waals surface area contributed by atoms with E-state index in [-0.39, 0.29) is 24.0 Å². The van der Waals surface area contributed by atoms with Crippen LogP contribution in [0.1, 0.15) is 22.8 Å². The number of esters is 1. The van der Waals surface area contributed by atoms with E-state index in [0.717, 1.165) is 10.1 Å². The second-order valence-corrected chi connectivity index (χ2v) is 4.99. The van der Waals surface area contributed by atoms with E-state index in [1.807, 2.05) is 30.3 Å². The van der Waals surface area contributed by atoms with Crippen LogP contribution >= 0.6 is 0 Å². The third-order valence-electron chi connectivity index (χ3n) is 3.41. The highest BCUT2D eigenvalue weighted by Gasteiger charge is 2.19. The Morgan fingerprint density at radius 2 is 2.00 bits per heavy atom. The normalized spacial score (nSPS) is 10.8. The van der Waals surface area contributed by atoms with E-state index in [4.69, 9.17) is 9.47 Å². The Hall–Kier alpha value is -3.16. The number of hydrogen-bond acceptors (Lipinski definition) is 6. The van der Waals surface area contributed by atoms with Gasteiger partial charge in [-0.25, -0.2) is 4.79 Å². The number of carbonyl (C=O) groups excluding carboxylic acids is 1. The van der Waals surface area contributed by atoms with Crippen LogP contribution in [0.15, 0.2) is 41.3 Å². The van der Waals surface area contributed by atoms with Crippen molar-refractivity contribution in [2.75, 3.05) is 13.7 Å². The van der Waals surface area contributed by atoms with E-state index in [2.05, 4.69) is 10.1 Å². The van der Waals surface area contributed by atoms with Crippen molar-refractivity contribution >= 4 is 11.7 Å². The zero-order chi connectivity index (χ0) is 17.1. The summed E-state index contributed by atoms with van der Waals surface area (Å²) in [5, 5.41) is 3.98. The molecule has 0 bridgehead atoms. The van der Waals surface area contributed by atoms with E-state index >= 15 is 0 Å². The number of carbonyl (C=O) groups is 1. The lowest BCUT2D eigenvalue weighted by atomic mass is 10.2. The van der Waals surface area contributed by atoms with Gasteiger partial charge in [-0.3, -0.25) is 4.79 Å². The third-order valence-corrected chi connectivity index (χ3v) is 3.41. The Labute approximate surface area is 137 Å². The molecule has 124 valence electrons. The SMILES string of the molecule is CCOC(=O)c1cn(Cc2ccccc2)c2nc(OC)nn2c1=O. The quantitative estimate of drug-likeness (QED) is 0.652. The van der Waals surface area contributed by atoms with Gasteiger partial charge in [-0.2, -0.15) is 9.50 Å². The molecule has 0 unspecified atom stereocenters. The van der Waals surface area contributed by atoms with Gasteiger partial charge in [0.25, 0.3) is 5.56 Å². The molecule has 8 nitrogen and oxygen atoms in total. The molecule has 0 atom stereocenters. The minimum absolute atomic E-state index is 0.0509. The lowest BCUT2D eigenvalue weighted by Gasteiger charge is -2.10. The summed E-state index contributed by atoms with van der Waals surface area (Å²) in [5.41, 5.74) is 0.288. The Bertz CT molecular complexity index is 930. The lowest BCUT2D eigenvalue weighted by molar-refractivity contribution is 0.0522. The third kappa shape index (κ3) is 2.85. The number of hydrogen-bond donors (Lipinski definition) is 0. The van der Waals surface area contributed by atoms with Gasteiger partial charge in [-0.1, -0.05) is 30.3 Å². The van der Waals surface area contributed by atoms with Crippen LogP contribution < -0.4 is 10.3 Å². The zero-order valence-corrected chi connectivity index (χ0v) is 13.3. The van der Waals surface area contributed by atoms with Crippen molar-refractivity contribution in [1.82, 2.24) is 19.2 Å². The summed E-state index contributed by atoms with van der Waals surface area (Å²) in [6.07, 6.45) is 1.44. The maximum atomic E-state index is 12.5. The van der Waals surface area contributed by atoms with E-state index in [0.29, 0.717) is 6.54 Å². The van der Waals surface area contributed by atoms with E-state index in [1.165, 1.54) is 13.3 Å². The number of aromatic nitrogens is 4. The smallest absolute Gasteiger partial charge is 0.345 e. The molecule has 0 amide bonds. The number of methoxy groups -OCH3 is 1. The summed E-state index contributed by atoms with van der Waals surface area (Å²) in [6, 6.07) is 9.65. The number of fused-ring (bicyclic) bond motifs is 1. The van der Waals surface area contributed by atoms with Crippen molar-refractivity contribution < 1.29 is 14.3 Å². The highest BCUT2D eigenvalue weighted by atomic mass is 16.5.